The molecule has 0 aromatic heterocycles. The molecule has 2 rings (SSSR count). The maximum atomic E-state index is 11.3. The Morgan fingerprint density at radius 2 is 2.18 bits per heavy atom. The lowest BCUT2D eigenvalue weighted by atomic mass is 9.97. The van der Waals surface area contributed by atoms with E-state index in [9.17, 15) is 4.79 Å². The number of hydrogen-bond donors (Lipinski definition) is 1. The third kappa shape index (κ3) is 3.30. The summed E-state index contributed by atoms with van der Waals surface area (Å²) in [5, 5.41) is 3.22. The smallest absolute Gasteiger partial charge is 0.322 e. The molecule has 1 aromatic carbocycles. The summed E-state index contributed by atoms with van der Waals surface area (Å²) in [7, 11) is 1.45. The summed E-state index contributed by atoms with van der Waals surface area (Å²) < 4.78 is 4.74. The highest BCUT2D eigenvalue weighted by Crippen LogP contribution is 2.20. The number of hydrogen-bond acceptors (Lipinski definition) is 3. The molecule has 1 aromatic rings. The van der Waals surface area contributed by atoms with E-state index in [0.717, 1.165) is 25.8 Å². The summed E-state index contributed by atoms with van der Waals surface area (Å²) in [6.45, 7) is 0.923. The van der Waals surface area contributed by atoms with Crippen molar-refractivity contribution in [1.82, 2.24) is 5.32 Å². The van der Waals surface area contributed by atoms with Crippen molar-refractivity contribution in [2.24, 2.45) is 5.92 Å². The Bertz CT molecular complexity index is 364. The number of rotatable bonds is 4. The van der Waals surface area contributed by atoms with Gasteiger partial charge in [0.25, 0.3) is 0 Å². The fraction of sp³-hybridized carbons (Fsp3) is 0.500. The highest BCUT2D eigenvalue weighted by molar-refractivity contribution is 5.76. The van der Waals surface area contributed by atoms with E-state index in [2.05, 4.69) is 29.6 Å². The molecule has 1 fully saturated rings. The maximum Gasteiger partial charge on any atom is 0.322 e. The fourth-order valence-electron chi connectivity index (χ4n) is 2.37. The zero-order chi connectivity index (χ0) is 12.1. The van der Waals surface area contributed by atoms with Crippen molar-refractivity contribution in [3.05, 3.63) is 35.9 Å². The quantitative estimate of drug-likeness (QED) is 0.805. The van der Waals surface area contributed by atoms with E-state index in [1.807, 2.05) is 6.07 Å². The molecule has 1 unspecified atom stereocenters. The average molecular weight is 233 g/mol. The summed E-state index contributed by atoms with van der Waals surface area (Å²) in [5.74, 6) is 0.450. The lowest BCUT2D eigenvalue weighted by molar-refractivity contribution is -0.142. The van der Waals surface area contributed by atoms with Gasteiger partial charge in [0.05, 0.1) is 7.11 Å². The number of nitrogens with one attached hydrogen (secondary N) is 1. The first-order valence-electron chi connectivity index (χ1n) is 6.14. The molecule has 0 spiro atoms. The van der Waals surface area contributed by atoms with Crippen molar-refractivity contribution in [1.29, 1.82) is 0 Å². The summed E-state index contributed by atoms with van der Waals surface area (Å²) >= 11 is 0. The van der Waals surface area contributed by atoms with Crippen molar-refractivity contribution < 1.29 is 9.53 Å². The topological polar surface area (TPSA) is 38.3 Å². The fourth-order valence-corrected chi connectivity index (χ4v) is 2.37. The summed E-state index contributed by atoms with van der Waals surface area (Å²) in [6, 6.07) is 10.4. The van der Waals surface area contributed by atoms with Crippen LogP contribution in [0.2, 0.25) is 0 Å². The Labute approximate surface area is 102 Å². The molecule has 0 amide bonds. The highest BCUT2D eigenvalue weighted by Gasteiger charge is 2.29. The van der Waals surface area contributed by atoms with Gasteiger partial charge in [-0.1, -0.05) is 30.3 Å². The Balaban J connectivity index is 1.77. The largest absolute Gasteiger partial charge is 0.468 e. The molecule has 1 aliphatic heterocycles. The minimum Gasteiger partial charge on any atom is -0.468 e. The maximum absolute atomic E-state index is 11.3. The van der Waals surface area contributed by atoms with Crippen molar-refractivity contribution in [2.45, 2.75) is 25.3 Å². The molecule has 17 heavy (non-hydrogen) atoms. The van der Waals surface area contributed by atoms with Gasteiger partial charge < -0.3 is 10.1 Å². The SMILES string of the molecule is COC(=O)[C@@H]1CC(CCc2ccccc2)CN1. The van der Waals surface area contributed by atoms with Crippen molar-refractivity contribution in [3.8, 4) is 0 Å². The van der Waals surface area contributed by atoms with Crippen LogP contribution in [-0.4, -0.2) is 25.7 Å². The first-order valence-corrected chi connectivity index (χ1v) is 6.14. The number of methoxy groups -OCH3 is 1. The van der Waals surface area contributed by atoms with Gasteiger partial charge in [-0.05, 0) is 37.3 Å². The van der Waals surface area contributed by atoms with Gasteiger partial charge in [0, 0.05) is 0 Å². The Kier molecular flexibility index (Phi) is 4.15. The molecule has 3 heteroatoms. The van der Waals surface area contributed by atoms with Gasteiger partial charge in [0.2, 0.25) is 0 Å². The Hall–Kier alpha value is -1.35. The molecule has 1 N–H and O–H groups in total. The molecular weight excluding hydrogens is 214 g/mol. The van der Waals surface area contributed by atoms with Crippen LogP contribution in [0.25, 0.3) is 0 Å². The van der Waals surface area contributed by atoms with Gasteiger partial charge in [-0.25, -0.2) is 0 Å². The van der Waals surface area contributed by atoms with E-state index >= 15 is 0 Å². The molecule has 1 heterocycles. The number of esters is 1. The number of benzene rings is 1. The van der Waals surface area contributed by atoms with Crippen LogP contribution in [0.1, 0.15) is 18.4 Å². The van der Waals surface area contributed by atoms with Crippen LogP contribution in [0.4, 0.5) is 0 Å². The summed E-state index contributed by atoms with van der Waals surface area (Å²) in [5.41, 5.74) is 1.37. The van der Waals surface area contributed by atoms with Gasteiger partial charge in [0.15, 0.2) is 0 Å². The third-order valence-electron chi connectivity index (χ3n) is 3.39. The third-order valence-corrected chi connectivity index (χ3v) is 3.39. The minimum absolute atomic E-state index is 0.0965. The molecule has 2 atom stereocenters. The average Bonchev–Trinajstić information content (AvgIpc) is 2.85. The predicted molar refractivity (Wildman–Crippen MR) is 66.7 cm³/mol. The second kappa shape index (κ2) is 5.82. The molecular formula is C14H19NO2. The lowest BCUT2D eigenvalue weighted by Gasteiger charge is -2.08. The highest BCUT2D eigenvalue weighted by atomic mass is 16.5. The van der Waals surface area contributed by atoms with Gasteiger partial charge in [-0.2, -0.15) is 0 Å². The number of aryl methyl sites for hydroxylation is 1. The normalized spacial score (nSPS) is 23.6. The molecule has 1 saturated heterocycles. The number of carbonyl (C=O) groups is 1. The van der Waals surface area contributed by atoms with E-state index in [4.69, 9.17) is 4.74 Å². The number of ether oxygens (including phenoxy) is 1. The van der Waals surface area contributed by atoms with E-state index in [0.29, 0.717) is 5.92 Å². The van der Waals surface area contributed by atoms with Crippen LogP contribution in [0.15, 0.2) is 30.3 Å². The van der Waals surface area contributed by atoms with E-state index in [1.165, 1.54) is 12.7 Å². The number of carbonyl (C=O) groups excluding carboxylic acids is 1. The molecule has 92 valence electrons. The van der Waals surface area contributed by atoms with Crippen LogP contribution >= 0.6 is 0 Å². The first kappa shape index (κ1) is 12.1. The van der Waals surface area contributed by atoms with Crippen molar-refractivity contribution >= 4 is 5.97 Å². The zero-order valence-corrected chi connectivity index (χ0v) is 10.2. The monoisotopic (exact) mass is 233 g/mol. The standard InChI is InChI=1S/C14H19NO2/c1-17-14(16)13-9-12(10-15-13)8-7-11-5-3-2-4-6-11/h2-6,12-13,15H,7-10H2,1H3/t12?,13-/m0/s1. The van der Waals surface area contributed by atoms with Gasteiger partial charge in [0.1, 0.15) is 6.04 Å². The molecule has 0 bridgehead atoms. The molecule has 0 radical (unpaired) electrons. The first-order chi connectivity index (χ1) is 8.29. The zero-order valence-electron chi connectivity index (χ0n) is 10.2. The summed E-state index contributed by atoms with van der Waals surface area (Å²) in [6.07, 6.45) is 3.12. The second-order valence-corrected chi connectivity index (χ2v) is 4.61. The van der Waals surface area contributed by atoms with E-state index in [1.54, 1.807) is 0 Å². The van der Waals surface area contributed by atoms with Gasteiger partial charge >= 0.3 is 5.97 Å². The van der Waals surface area contributed by atoms with Crippen LogP contribution in [0.3, 0.4) is 0 Å². The van der Waals surface area contributed by atoms with Crippen LogP contribution in [0.5, 0.6) is 0 Å². The van der Waals surface area contributed by atoms with Gasteiger partial charge in [-0.3, -0.25) is 4.79 Å². The Morgan fingerprint density at radius 1 is 1.41 bits per heavy atom. The second-order valence-electron chi connectivity index (χ2n) is 4.61. The summed E-state index contributed by atoms with van der Waals surface area (Å²) in [4.78, 5) is 11.3. The van der Waals surface area contributed by atoms with Gasteiger partial charge in [-0.15, -0.1) is 0 Å². The van der Waals surface area contributed by atoms with Crippen LogP contribution < -0.4 is 5.32 Å². The molecule has 1 aliphatic rings. The predicted octanol–water partition coefficient (Wildman–Crippen LogP) is 1.77. The van der Waals surface area contributed by atoms with Crippen molar-refractivity contribution in [2.75, 3.05) is 13.7 Å². The van der Waals surface area contributed by atoms with Crippen LogP contribution in [0, 0.1) is 5.92 Å². The molecule has 0 aliphatic carbocycles. The molecule has 0 saturated carbocycles. The van der Waals surface area contributed by atoms with E-state index in [-0.39, 0.29) is 12.0 Å². The minimum atomic E-state index is -0.132. The lowest BCUT2D eigenvalue weighted by Crippen LogP contribution is -2.31. The van der Waals surface area contributed by atoms with Crippen LogP contribution in [-0.2, 0) is 16.0 Å². The van der Waals surface area contributed by atoms with Crippen molar-refractivity contribution in [3.63, 3.8) is 0 Å². The molecule has 3 nitrogen and oxygen atoms in total. The Morgan fingerprint density at radius 3 is 2.88 bits per heavy atom. The van der Waals surface area contributed by atoms with E-state index < -0.39 is 0 Å².